The summed E-state index contributed by atoms with van der Waals surface area (Å²) in [6.45, 7) is 4.89. The first kappa shape index (κ1) is 15.0. The average molecular weight is 304 g/mol. The van der Waals surface area contributed by atoms with E-state index >= 15 is 0 Å². The quantitative estimate of drug-likeness (QED) is 0.731. The number of anilines is 3. The molecule has 0 radical (unpaired) electrons. The highest BCUT2D eigenvalue weighted by atomic mass is 15.1. The van der Waals surface area contributed by atoms with Crippen LogP contribution in [0.25, 0.3) is 0 Å². The summed E-state index contributed by atoms with van der Waals surface area (Å²) in [5, 5.41) is 6.54. The summed E-state index contributed by atoms with van der Waals surface area (Å²) >= 11 is 0. The lowest BCUT2D eigenvalue weighted by molar-refractivity contribution is 1.08. The van der Waals surface area contributed by atoms with Gasteiger partial charge < -0.3 is 10.6 Å². The van der Waals surface area contributed by atoms with E-state index in [0.29, 0.717) is 5.95 Å². The van der Waals surface area contributed by atoms with E-state index in [1.54, 1.807) is 6.20 Å². The zero-order valence-electron chi connectivity index (χ0n) is 13.4. The first-order valence-electron chi connectivity index (χ1n) is 7.65. The number of rotatable bonds is 5. The van der Waals surface area contributed by atoms with Crippen LogP contribution in [0.15, 0.2) is 60.8 Å². The van der Waals surface area contributed by atoms with Crippen molar-refractivity contribution >= 4 is 17.5 Å². The van der Waals surface area contributed by atoms with Crippen molar-refractivity contribution < 1.29 is 0 Å². The van der Waals surface area contributed by atoms with E-state index < -0.39 is 0 Å². The maximum atomic E-state index is 4.49. The summed E-state index contributed by atoms with van der Waals surface area (Å²) in [5.41, 5.74) is 4.69. The topological polar surface area (TPSA) is 49.8 Å². The summed E-state index contributed by atoms with van der Waals surface area (Å²) < 4.78 is 0. The van der Waals surface area contributed by atoms with Gasteiger partial charge in [-0.1, -0.05) is 47.5 Å². The molecule has 0 saturated carbocycles. The molecule has 0 aliphatic carbocycles. The molecule has 4 nitrogen and oxygen atoms in total. The van der Waals surface area contributed by atoms with E-state index in [1.165, 1.54) is 16.7 Å². The fraction of sp³-hybridized carbons (Fsp3) is 0.158. The molecule has 0 spiro atoms. The molecule has 0 saturated heterocycles. The van der Waals surface area contributed by atoms with Gasteiger partial charge in [0.25, 0.3) is 0 Å². The van der Waals surface area contributed by atoms with Crippen molar-refractivity contribution in [2.24, 2.45) is 0 Å². The van der Waals surface area contributed by atoms with Gasteiger partial charge in [0.2, 0.25) is 5.95 Å². The minimum absolute atomic E-state index is 0.586. The molecule has 0 fully saturated rings. The number of aryl methyl sites for hydroxylation is 2. The summed E-state index contributed by atoms with van der Waals surface area (Å²) in [4.78, 5) is 8.75. The molecular weight excluding hydrogens is 284 g/mol. The van der Waals surface area contributed by atoms with Crippen molar-refractivity contribution in [3.8, 4) is 0 Å². The summed E-state index contributed by atoms with van der Waals surface area (Å²) in [7, 11) is 0. The van der Waals surface area contributed by atoms with Gasteiger partial charge >= 0.3 is 0 Å². The first-order chi connectivity index (χ1) is 11.2. The number of nitrogens with one attached hydrogen (secondary N) is 2. The molecule has 23 heavy (non-hydrogen) atoms. The number of aromatic nitrogens is 2. The minimum Gasteiger partial charge on any atom is -0.366 e. The van der Waals surface area contributed by atoms with Gasteiger partial charge in [0.15, 0.2) is 0 Å². The molecule has 0 aliphatic heterocycles. The monoisotopic (exact) mass is 304 g/mol. The highest BCUT2D eigenvalue weighted by Crippen LogP contribution is 2.15. The van der Waals surface area contributed by atoms with Gasteiger partial charge in [0.05, 0.1) is 0 Å². The van der Waals surface area contributed by atoms with E-state index in [4.69, 9.17) is 0 Å². The molecule has 0 amide bonds. The predicted molar refractivity (Wildman–Crippen MR) is 95.0 cm³/mol. The van der Waals surface area contributed by atoms with Crippen molar-refractivity contribution in [3.63, 3.8) is 0 Å². The van der Waals surface area contributed by atoms with Gasteiger partial charge in [0.1, 0.15) is 5.82 Å². The minimum atomic E-state index is 0.586. The second-order valence-corrected chi connectivity index (χ2v) is 5.60. The Kier molecular flexibility index (Phi) is 4.52. The van der Waals surface area contributed by atoms with Crippen molar-refractivity contribution in [2.75, 3.05) is 10.6 Å². The van der Waals surface area contributed by atoms with Crippen LogP contribution in [0.2, 0.25) is 0 Å². The zero-order valence-corrected chi connectivity index (χ0v) is 13.4. The Labute approximate surface area is 136 Å². The molecule has 4 heteroatoms. The standard InChI is InChI=1S/C19H20N4/c1-14-3-7-16(8-4-14)13-21-18-11-12-20-19(23-18)22-17-9-5-15(2)6-10-17/h3-12H,13H2,1-2H3,(H2,20,21,22,23). The summed E-state index contributed by atoms with van der Waals surface area (Å²) in [6, 6.07) is 18.5. The Morgan fingerprint density at radius 3 is 2.17 bits per heavy atom. The molecule has 0 unspecified atom stereocenters. The molecule has 0 atom stereocenters. The number of nitrogens with zero attached hydrogens (tertiary/aromatic N) is 2. The Hall–Kier alpha value is -2.88. The van der Waals surface area contributed by atoms with Gasteiger partial charge in [-0.05, 0) is 37.6 Å². The van der Waals surface area contributed by atoms with Crippen molar-refractivity contribution in [1.29, 1.82) is 0 Å². The summed E-state index contributed by atoms with van der Waals surface area (Å²) in [5.74, 6) is 1.39. The molecule has 0 bridgehead atoms. The third kappa shape index (κ3) is 4.30. The SMILES string of the molecule is Cc1ccc(CNc2ccnc(Nc3ccc(C)cc3)n2)cc1. The van der Waals surface area contributed by atoms with Crippen LogP contribution in [0.4, 0.5) is 17.5 Å². The number of hydrogen-bond donors (Lipinski definition) is 2. The molecule has 1 heterocycles. The van der Waals surface area contributed by atoms with Crippen molar-refractivity contribution in [1.82, 2.24) is 9.97 Å². The van der Waals surface area contributed by atoms with E-state index in [-0.39, 0.29) is 0 Å². The first-order valence-corrected chi connectivity index (χ1v) is 7.65. The smallest absolute Gasteiger partial charge is 0.229 e. The molecule has 116 valence electrons. The molecule has 0 aliphatic rings. The van der Waals surface area contributed by atoms with Crippen LogP contribution in [0.5, 0.6) is 0 Å². The van der Waals surface area contributed by atoms with Crippen LogP contribution in [-0.4, -0.2) is 9.97 Å². The molecule has 2 aromatic carbocycles. The highest BCUT2D eigenvalue weighted by molar-refractivity contribution is 5.55. The van der Waals surface area contributed by atoms with Crippen LogP contribution in [-0.2, 0) is 6.54 Å². The Morgan fingerprint density at radius 2 is 1.48 bits per heavy atom. The van der Waals surface area contributed by atoms with Crippen LogP contribution >= 0.6 is 0 Å². The van der Waals surface area contributed by atoms with E-state index in [1.807, 2.05) is 18.2 Å². The maximum absolute atomic E-state index is 4.49. The van der Waals surface area contributed by atoms with Gasteiger partial charge in [-0.3, -0.25) is 0 Å². The average Bonchev–Trinajstić information content (AvgIpc) is 2.57. The maximum Gasteiger partial charge on any atom is 0.229 e. The third-order valence-electron chi connectivity index (χ3n) is 3.56. The fourth-order valence-corrected chi connectivity index (χ4v) is 2.18. The highest BCUT2D eigenvalue weighted by Gasteiger charge is 2.00. The van der Waals surface area contributed by atoms with Crippen molar-refractivity contribution in [3.05, 3.63) is 77.5 Å². The second kappa shape index (κ2) is 6.92. The molecule has 1 aromatic heterocycles. The van der Waals surface area contributed by atoms with Gasteiger partial charge in [-0.25, -0.2) is 4.98 Å². The lowest BCUT2D eigenvalue weighted by Crippen LogP contribution is -2.04. The van der Waals surface area contributed by atoms with Gasteiger partial charge in [-0.2, -0.15) is 4.98 Å². The van der Waals surface area contributed by atoms with E-state index in [2.05, 4.69) is 70.8 Å². The van der Waals surface area contributed by atoms with Crippen LogP contribution in [0.1, 0.15) is 16.7 Å². The molecular formula is C19H20N4. The Bertz CT molecular complexity index is 764. The Morgan fingerprint density at radius 1 is 0.826 bits per heavy atom. The number of benzene rings is 2. The van der Waals surface area contributed by atoms with Crippen LogP contribution < -0.4 is 10.6 Å². The zero-order chi connectivity index (χ0) is 16.1. The van der Waals surface area contributed by atoms with E-state index in [0.717, 1.165) is 18.1 Å². The van der Waals surface area contributed by atoms with Crippen LogP contribution in [0, 0.1) is 13.8 Å². The molecule has 3 aromatic rings. The van der Waals surface area contributed by atoms with Crippen molar-refractivity contribution in [2.45, 2.75) is 20.4 Å². The molecule has 3 rings (SSSR count). The molecule has 2 N–H and O–H groups in total. The Balaban J connectivity index is 1.65. The van der Waals surface area contributed by atoms with Gasteiger partial charge in [0, 0.05) is 18.4 Å². The fourth-order valence-electron chi connectivity index (χ4n) is 2.18. The van der Waals surface area contributed by atoms with Gasteiger partial charge in [-0.15, -0.1) is 0 Å². The van der Waals surface area contributed by atoms with E-state index in [9.17, 15) is 0 Å². The van der Waals surface area contributed by atoms with Crippen LogP contribution in [0.3, 0.4) is 0 Å². The second-order valence-electron chi connectivity index (χ2n) is 5.60. The largest absolute Gasteiger partial charge is 0.366 e. The summed E-state index contributed by atoms with van der Waals surface area (Å²) in [6.07, 6.45) is 1.75. The lowest BCUT2D eigenvalue weighted by atomic mass is 10.1. The lowest BCUT2D eigenvalue weighted by Gasteiger charge is -2.09. The third-order valence-corrected chi connectivity index (χ3v) is 3.56. The number of hydrogen-bond acceptors (Lipinski definition) is 4. The normalized spacial score (nSPS) is 10.3. The predicted octanol–water partition coefficient (Wildman–Crippen LogP) is 4.45.